The van der Waals surface area contributed by atoms with Crippen molar-refractivity contribution in [1.29, 1.82) is 0 Å². The van der Waals surface area contributed by atoms with Gasteiger partial charge in [-0.1, -0.05) is 0 Å². The Morgan fingerprint density at radius 3 is 2.44 bits per heavy atom. The molecule has 0 aromatic carbocycles. The maximum atomic E-state index is 12.0. The maximum absolute atomic E-state index is 12.0. The van der Waals surface area contributed by atoms with Crippen molar-refractivity contribution in [2.24, 2.45) is 0 Å². The average molecular weight is 249 g/mol. The third kappa shape index (κ3) is 3.14. The Hall–Kier alpha value is -0.210. The van der Waals surface area contributed by atoms with E-state index in [9.17, 15) is 8.42 Å². The Balaban J connectivity index is 1.90. The molecule has 0 aromatic heterocycles. The zero-order chi connectivity index (χ0) is 11.4. The molecule has 0 spiro atoms. The van der Waals surface area contributed by atoms with Gasteiger partial charge in [-0.2, -0.15) is 17.4 Å². The summed E-state index contributed by atoms with van der Waals surface area (Å²) in [5.74, 6) is 0. The molecule has 0 unspecified atom stereocenters. The van der Waals surface area contributed by atoms with E-state index in [0.29, 0.717) is 26.3 Å². The molecule has 0 saturated carbocycles. The van der Waals surface area contributed by atoms with Gasteiger partial charge in [-0.25, -0.2) is 0 Å². The van der Waals surface area contributed by atoms with Crippen molar-refractivity contribution in [1.82, 2.24) is 14.3 Å². The summed E-state index contributed by atoms with van der Waals surface area (Å²) in [6.45, 7) is 3.87. The number of hydrogen-bond donors (Lipinski definition) is 2. The summed E-state index contributed by atoms with van der Waals surface area (Å²) in [7, 11) is -3.30. The summed E-state index contributed by atoms with van der Waals surface area (Å²) in [4.78, 5) is 0. The smallest absolute Gasteiger partial charge is 0.279 e. The average Bonchev–Trinajstić information content (AvgIpc) is 2.31. The van der Waals surface area contributed by atoms with Crippen LogP contribution in [0.1, 0.15) is 12.8 Å². The van der Waals surface area contributed by atoms with Crippen molar-refractivity contribution in [2.75, 3.05) is 39.4 Å². The van der Waals surface area contributed by atoms with Crippen LogP contribution in [0.4, 0.5) is 0 Å². The van der Waals surface area contributed by atoms with E-state index in [-0.39, 0.29) is 6.04 Å². The highest BCUT2D eigenvalue weighted by molar-refractivity contribution is 7.87. The summed E-state index contributed by atoms with van der Waals surface area (Å²) in [5, 5.41) is 3.14. The van der Waals surface area contributed by atoms with Crippen LogP contribution >= 0.6 is 0 Å². The van der Waals surface area contributed by atoms with E-state index >= 15 is 0 Å². The third-order valence-electron chi connectivity index (χ3n) is 2.95. The first-order valence-electron chi connectivity index (χ1n) is 5.74. The maximum Gasteiger partial charge on any atom is 0.279 e. The highest BCUT2D eigenvalue weighted by atomic mass is 32.2. The van der Waals surface area contributed by atoms with Crippen molar-refractivity contribution in [3.05, 3.63) is 0 Å². The normalized spacial score (nSPS) is 25.8. The van der Waals surface area contributed by atoms with Gasteiger partial charge in [0.2, 0.25) is 0 Å². The van der Waals surface area contributed by atoms with Gasteiger partial charge in [-0.3, -0.25) is 0 Å². The zero-order valence-corrected chi connectivity index (χ0v) is 10.1. The molecule has 7 heteroatoms. The molecule has 0 aliphatic carbocycles. The third-order valence-corrected chi connectivity index (χ3v) is 4.63. The first-order chi connectivity index (χ1) is 7.68. The Kier molecular flexibility index (Phi) is 4.15. The molecule has 2 aliphatic rings. The van der Waals surface area contributed by atoms with Crippen LogP contribution in [0.25, 0.3) is 0 Å². The van der Waals surface area contributed by atoms with E-state index in [2.05, 4.69) is 10.0 Å². The Bertz CT molecular complexity index is 308. The van der Waals surface area contributed by atoms with Crippen LogP contribution in [0.2, 0.25) is 0 Å². The first kappa shape index (κ1) is 12.3. The highest BCUT2D eigenvalue weighted by Crippen LogP contribution is 2.09. The van der Waals surface area contributed by atoms with Crippen molar-refractivity contribution >= 4 is 10.2 Å². The SMILES string of the molecule is O=S(=O)(NC1CCOCC1)N1CCNCC1. The van der Waals surface area contributed by atoms with Gasteiger partial charge in [0.05, 0.1) is 0 Å². The lowest BCUT2D eigenvalue weighted by molar-refractivity contribution is 0.0827. The van der Waals surface area contributed by atoms with Crippen molar-refractivity contribution in [3.8, 4) is 0 Å². The lowest BCUT2D eigenvalue weighted by Gasteiger charge is -2.30. The van der Waals surface area contributed by atoms with Crippen LogP contribution in [0.5, 0.6) is 0 Å². The molecule has 94 valence electrons. The van der Waals surface area contributed by atoms with Crippen LogP contribution < -0.4 is 10.0 Å². The second-order valence-corrected chi connectivity index (χ2v) is 5.86. The van der Waals surface area contributed by atoms with E-state index < -0.39 is 10.2 Å². The van der Waals surface area contributed by atoms with E-state index in [1.165, 1.54) is 4.31 Å². The molecule has 2 N–H and O–H groups in total. The minimum atomic E-state index is -3.30. The van der Waals surface area contributed by atoms with Crippen LogP contribution in [0.15, 0.2) is 0 Å². The molecule has 2 saturated heterocycles. The monoisotopic (exact) mass is 249 g/mol. The van der Waals surface area contributed by atoms with Gasteiger partial charge in [0, 0.05) is 45.4 Å². The summed E-state index contributed by atoms with van der Waals surface area (Å²) in [6.07, 6.45) is 1.54. The summed E-state index contributed by atoms with van der Waals surface area (Å²) < 4.78 is 33.5. The molecular formula is C9H19N3O3S. The Labute approximate surface area is 96.5 Å². The van der Waals surface area contributed by atoms with Gasteiger partial charge in [0.25, 0.3) is 10.2 Å². The fraction of sp³-hybridized carbons (Fsp3) is 1.00. The number of hydrogen-bond acceptors (Lipinski definition) is 4. The van der Waals surface area contributed by atoms with Gasteiger partial charge in [0.15, 0.2) is 0 Å². The predicted octanol–water partition coefficient (Wildman–Crippen LogP) is -1.09. The zero-order valence-electron chi connectivity index (χ0n) is 9.31. The Morgan fingerprint density at radius 1 is 1.19 bits per heavy atom. The van der Waals surface area contributed by atoms with Crippen LogP contribution in [-0.4, -0.2) is 58.2 Å². The van der Waals surface area contributed by atoms with E-state index in [1.807, 2.05) is 0 Å². The van der Waals surface area contributed by atoms with E-state index in [4.69, 9.17) is 4.74 Å². The van der Waals surface area contributed by atoms with Crippen molar-refractivity contribution in [3.63, 3.8) is 0 Å². The predicted molar refractivity (Wildman–Crippen MR) is 60.3 cm³/mol. The second-order valence-electron chi connectivity index (χ2n) is 4.16. The number of nitrogens with one attached hydrogen (secondary N) is 2. The quantitative estimate of drug-likeness (QED) is 0.666. The van der Waals surface area contributed by atoms with Crippen molar-refractivity contribution in [2.45, 2.75) is 18.9 Å². The van der Waals surface area contributed by atoms with E-state index in [1.54, 1.807) is 0 Å². The number of nitrogens with zero attached hydrogens (tertiary/aromatic N) is 1. The molecular weight excluding hydrogens is 230 g/mol. The van der Waals surface area contributed by atoms with Crippen LogP contribution in [0, 0.1) is 0 Å². The molecule has 2 fully saturated rings. The lowest BCUT2D eigenvalue weighted by Crippen LogP contribution is -2.53. The van der Waals surface area contributed by atoms with Gasteiger partial charge in [0.1, 0.15) is 0 Å². The number of piperazine rings is 1. The van der Waals surface area contributed by atoms with Crippen molar-refractivity contribution < 1.29 is 13.2 Å². The van der Waals surface area contributed by atoms with E-state index in [0.717, 1.165) is 25.9 Å². The molecule has 2 rings (SSSR count). The molecule has 2 aliphatic heterocycles. The largest absolute Gasteiger partial charge is 0.381 e. The minimum absolute atomic E-state index is 0.0358. The summed E-state index contributed by atoms with van der Waals surface area (Å²) in [6, 6.07) is 0.0358. The molecule has 0 amide bonds. The van der Waals surface area contributed by atoms with Gasteiger partial charge >= 0.3 is 0 Å². The standard InChI is InChI=1S/C9H19N3O3S/c13-16(14,12-5-3-10-4-6-12)11-9-1-7-15-8-2-9/h9-11H,1-8H2. The highest BCUT2D eigenvalue weighted by Gasteiger charge is 2.27. The minimum Gasteiger partial charge on any atom is -0.381 e. The van der Waals surface area contributed by atoms with Crippen LogP contribution in [0.3, 0.4) is 0 Å². The topological polar surface area (TPSA) is 70.7 Å². The molecule has 6 nitrogen and oxygen atoms in total. The second kappa shape index (κ2) is 5.42. The fourth-order valence-corrected chi connectivity index (χ4v) is 3.45. The molecule has 16 heavy (non-hydrogen) atoms. The van der Waals surface area contributed by atoms with Gasteiger partial charge < -0.3 is 10.1 Å². The molecule has 0 bridgehead atoms. The fourth-order valence-electron chi connectivity index (χ4n) is 1.99. The van der Waals surface area contributed by atoms with Gasteiger partial charge in [-0.05, 0) is 12.8 Å². The first-order valence-corrected chi connectivity index (χ1v) is 7.18. The number of rotatable bonds is 3. The van der Waals surface area contributed by atoms with Crippen LogP contribution in [-0.2, 0) is 14.9 Å². The Morgan fingerprint density at radius 2 is 1.81 bits per heavy atom. The number of ether oxygens (including phenoxy) is 1. The van der Waals surface area contributed by atoms with Gasteiger partial charge in [-0.15, -0.1) is 0 Å². The lowest BCUT2D eigenvalue weighted by atomic mass is 10.1. The summed E-state index contributed by atoms with van der Waals surface area (Å²) >= 11 is 0. The molecule has 2 heterocycles. The molecule has 0 radical (unpaired) electrons. The summed E-state index contributed by atoms with van der Waals surface area (Å²) in [5.41, 5.74) is 0. The molecule has 0 atom stereocenters. The molecule has 0 aromatic rings.